The molecule has 0 aromatic carbocycles. The first-order valence-electron chi connectivity index (χ1n) is 3.24. The van der Waals surface area contributed by atoms with Gasteiger partial charge in [0.25, 0.3) is 0 Å². The molecule has 0 unspecified atom stereocenters. The zero-order valence-electron chi connectivity index (χ0n) is 5.92. The molecule has 60 valence electrons. The molecule has 0 saturated heterocycles. The molecule has 1 aromatic rings. The van der Waals surface area contributed by atoms with Crippen molar-refractivity contribution < 1.29 is 4.39 Å². The van der Waals surface area contributed by atoms with Crippen molar-refractivity contribution in [2.45, 2.75) is 0 Å². The number of rotatable bonds is 3. The van der Waals surface area contributed by atoms with Gasteiger partial charge in [0.05, 0.1) is 0 Å². The Morgan fingerprint density at radius 2 is 2.36 bits per heavy atom. The second kappa shape index (κ2) is 3.82. The van der Waals surface area contributed by atoms with Crippen molar-refractivity contribution in [3.8, 4) is 0 Å². The third-order valence-electron chi connectivity index (χ3n) is 1.08. The second-order valence-electron chi connectivity index (χ2n) is 1.94. The van der Waals surface area contributed by atoms with Gasteiger partial charge in [-0.2, -0.15) is 4.39 Å². The molecule has 11 heavy (non-hydrogen) atoms. The molecule has 0 aliphatic carbocycles. The Bertz CT molecular complexity index is 228. The lowest BCUT2D eigenvalue weighted by molar-refractivity contribution is 0.580. The Kier molecular flexibility index (Phi) is 2.74. The van der Waals surface area contributed by atoms with Crippen molar-refractivity contribution >= 4 is 5.82 Å². The van der Waals surface area contributed by atoms with Crippen LogP contribution in [0.15, 0.2) is 12.4 Å². The summed E-state index contributed by atoms with van der Waals surface area (Å²) >= 11 is 0. The number of anilines is 1. The van der Waals surface area contributed by atoms with E-state index in [9.17, 15) is 4.39 Å². The highest BCUT2D eigenvalue weighted by atomic mass is 19.1. The molecule has 5 heteroatoms. The first-order valence-corrected chi connectivity index (χ1v) is 3.24. The quantitative estimate of drug-likeness (QED) is 0.604. The standard InChI is InChI=1S/C6H9FN4/c7-5-3-6(9-2-1-8)11-4-10-5/h3-4H,1-2,8H2,(H,9,10,11). The largest absolute Gasteiger partial charge is 0.369 e. The Labute approximate surface area is 63.7 Å². The van der Waals surface area contributed by atoms with Crippen molar-refractivity contribution in [1.82, 2.24) is 9.97 Å². The Morgan fingerprint density at radius 3 is 3.00 bits per heavy atom. The fourth-order valence-corrected chi connectivity index (χ4v) is 0.630. The van der Waals surface area contributed by atoms with Crippen LogP contribution in [0.4, 0.5) is 10.2 Å². The normalized spacial score (nSPS) is 9.64. The fourth-order valence-electron chi connectivity index (χ4n) is 0.630. The highest BCUT2D eigenvalue weighted by Gasteiger charge is 1.94. The van der Waals surface area contributed by atoms with Gasteiger partial charge < -0.3 is 11.1 Å². The zero-order chi connectivity index (χ0) is 8.10. The monoisotopic (exact) mass is 156 g/mol. The number of hydrogen-bond acceptors (Lipinski definition) is 4. The average molecular weight is 156 g/mol. The summed E-state index contributed by atoms with van der Waals surface area (Å²) in [7, 11) is 0. The lowest BCUT2D eigenvalue weighted by Crippen LogP contribution is -2.14. The summed E-state index contributed by atoms with van der Waals surface area (Å²) in [6, 6.07) is 1.22. The van der Waals surface area contributed by atoms with E-state index in [2.05, 4.69) is 15.3 Å². The fraction of sp³-hybridized carbons (Fsp3) is 0.333. The molecular weight excluding hydrogens is 147 g/mol. The third-order valence-corrected chi connectivity index (χ3v) is 1.08. The summed E-state index contributed by atoms with van der Waals surface area (Å²) in [5.74, 6) is -0.0810. The number of halogens is 1. The Morgan fingerprint density at radius 1 is 1.55 bits per heavy atom. The van der Waals surface area contributed by atoms with Gasteiger partial charge in [-0.15, -0.1) is 0 Å². The van der Waals surface area contributed by atoms with E-state index in [-0.39, 0.29) is 0 Å². The van der Waals surface area contributed by atoms with E-state index in [4.69, 9.17) is 5.73 Å². The molecule has 1 aromatic heterocycles. The first kappa shape index (κ1) is 7.87. The molecule has 0 radical (unpaired) electrons. The second-order valence-corrected chi connectivity index (χ2v) is 1.94. The van der Waals surface area contributed by atoms with Crippen LogP contribution < -0.4 is 11.1 Å². The number of hydrogen-bond donors (Lipinski definition) is 2. The minimum atomic E-state index is -0.542. The molecule has 0 saturated carbocycles. The van der Waals surface area contributed by atoms with Crippen molar-refractivity contribution in [1.29, 1.82) is 0 Å². The van der Waals surface area contributed by atoms with Gasteiger partial charge in [-0.05, 0) is 0 Å². The van der Waals surface area contributed by atoms with E-state index in [1.807, 2.05) is 0 Å². The molecule has 0 bridgehead atoms. The predicted molar refractivity (Wildman–Crippen MR) is 39.5 cm³/mol. The van der Waals surface area contributed by atoms with Crippen LogP contribution in [0.5, 0.6) is 0 Å². The third kappa shape index (κ3) is 2.46. The minimum absolute atomic E-state index is 0.461. The smallest absolute Gasteiger partial charge is 0.217 e. The molecule has 0 aliphatic heterocycles. The van der Waals surface area contributed by atoms with Gasteiger partial charge >= 0.3 is 0 Å². The van der Waals surface area contributed by atoms with E-state index in [0.717, 1.165) is 6.33 Å². The van der Waals surface area contributed by atoms with Crippen LogP contribution in [0.1, 0.15) is 0 Å². The predicted octanol–water partition coefficient (Wildman–Crippen LogP) is -0.0137. The van der Waals surface area contributed by atoms with Crippen LogP contribution in [0.2, 0.25) is 0 Å². The first-order chi connectivity index (χ1) is 5.33. The van der Waals surface area contributed by atoms with Gasteiger partial charge in [-0.25, -0.2) is 9.97 Å². The highest BCUT2D eigenvalue weighted by Crippen LogP contribution is 2.00. The number of aromatic nitrogens is 2. The van der Waals surface area contributed by atoms with Crippen LogP contribution >= 0.6 is 0 Å². The van der Waals surface area contributed by atoms with Gasteiger partial charge in [0.2, 0.25) is 5.95 Å². The summed E-state index contributed by atoms with van der Waals surface area (Å²) in [6.45, 7) is 1.07. The number of nitrogens with two attached hydrogens (primary N) is 1. The maximum absolute atomic E-state index is 12.4. The lowest BCUT2D eigenvalue weighted by Gasteiger charge is -2.00. The van der Waals surface area contributed by atoms with Crippen molar-refractivity contribution in [3.63, 3.8) is 0 Å². The van der Waals surface area contributed by atoms with Crippen LogP contribution in [0.25, 0.3) is 0 Å². The highest BCUT2D eigenvalue weighted by molar-refractivity contribution is 5.31. The van der Waals surface area contributed by atoms with Gasteiger partial charge in [0, 0.05) is 19.2 Å². The van der Waals surface area contributed by atoms with E-state index in [1.165, 1.54) is 6.07 Å². The molecule has 3 N–H and O–H groups in total. The van der Waals surface area contributed by atoms with E-state index in [0.29, 0.717) is 18.9 Å². The topological polar surface area (TPSA) is 63.8 Å². The number of nitrogens with zero attached hydrogens (tertiary/aromatic N) is 2. The van der Waals surface area contributed by atoms with Crippen molar-refractivity contribution in [2.75, 3.05) is 18.4 Å². The molecule has 4 nitrogen and oxygen atoms in total. The van der Waals surface area contributed by atoms with Crippen LogP contribution in [-0.4, -0.2) is 23.1 Å². The molecule has 0 spiro atoms. The SMILES string of the molecule is NCCNc1cc(F)ncn1. The average Bonchev–Trinajstić information content (AvgIpc) is 2.01. The lowest BCUT2D eigenvalue weighted by atomic mass is 10.5. The van der Waals surface area contributed by atoms with Gasteiger partial charge in [-0.3, -0.25) is 0 Å². The molecule has 0 fully saturated rings. The summed E-state index contributed by atoms with van der Waals surface area (Å²) in [5, 5.41) is 2.82. The van der Waals surface area contributed by atoms with Crippen molar-refractivity contribution in [3.05, 3.63) is 18.3 Å². The van der Waals surface area contributed by atoms with E-state index < -0.39 is 5.95 Å². The summed E-state index contributed by atoms with van der Waals surface area (Å²) in [6.07, 6.45) is 1.16. The van der Waals surface area contributed by atoms with E-state index in [1.54, 1.807) is 0 Å². The number of nitrogens with one attached hydrogen (secondary N) is 1. The summed E-state index contributed by atoms with van der Waals surface area (Å²) in [4.78, 5) is 7.06. The van der Waals surface area contributed by atoms with Crippen molar-refractivity contribution in [2.24, 2.45) is 5.73 Å². The van der Waals surface area contributed by atoms with Gasteiger partial charge in [0.1, 0.15) is 12.1 Å². The molecule has 0 atom stereocenters. The minimum Gasteiger partial charge on any atom is -0.369 e. The van der Waals surface area contributed by atoms with Crippen LogP contribution in [0, 0.1) is 5.95 Å². The summed E-state index contributed by atoms with van der Waals surface area (Å²) in [5.41, 5.74) is 5.21. The maximum atomic E-state index is 12.4. The van der Waals surface area contributed by atoms with Gasteiger partial charge in [-0.1, -0.05) is 0 Å². The van der Waals surface area contributed by atoms with E-state index >= 15 is 0 Å². The molecule has 0 aliphatic rings. The molecule has 1 rings (SSSR count). The molecule has 0 amide bonds. The Hall–Kier alpha value is -1.23. The van der Waals surface area contributed by atoms with Gasteiger partial charge in [0.15, 0.2) is 0 Å². The Balaban J connectivity index is 2.56. The van der Waals surface area contributed by atoms with Crippen LogP contribution in [0.3, 0.4) is 0 Å². The maximum Gasteiger partial charge on any atom is 0.217 e. The molecular formula is C6H9FN4. The summed E-state index contributed by atoms with van der Waals surface area (Å²) < 4.78 is 12.4. The zero-order valence-corrected chi connectivity index (χ0v) is 5.92. The van der Waals surface area contributed by atoms with Crippen LogP contribution in [-0.2, 0) is 0 Å². The molecule has 1 heterocycles.